The van der Waals surface area contributed by atoms with Crippen LogP contribution < -0.4 is 20.7 Å². The highest BCUT2D eigenvalue weighted by Crippen LogP contribution is 2.26. The summed E-state index contributed by atoms with van der Waals surface area (Å²) >= 11 is 11.9. The summed E-state index contributed by atoms with van der Waals surface area (Å²) in [5.74, 6) is -2.87. The topological polar surface area (TPSA) is 106 Å². The standard InChI is InChI=1S/C24H26Cl2F3N3O5/c1-22(2,3)37-21(35)30-13-19(33)32-23(4,20(34)31-17-10-15(25)9-16(26)11-17)12-14-5-7-18(8-6-14)36-24(27,28)29/h5-11H,12-13H2,1-4H3,(H,30,35)(H,31,34)(H,32,33)/t23-/m1/s1/i4D3,13+1,19+1. The maximum atomic E-state index is 13.6. The minimum atomic E-state index is -4.96. The third-order valence-electron chi connectivity index (χ3n) is 4.28. The van der Waals surface area contributed by atoms with Crippen LogP contribution in [-0.2, 0) is 20.7 Å². The Hall–Kier alpha value is -3.18. The summed E-state index contributed by atoms with van der Waals surface area (Å²) in [7, 11) is 0. The number of carbonyl (C=O) groups excluding carboxylic acids is 3. The van der Waals surface area contributed by atoms with Crippen LogP contribution in [0.1, 0.15) is 37.3 Å². The van der Waals surface area contributed by atoms with Crippen molar-refractivity contribution in [2.45, 2.75) is 51.5 Å². The predicted octanol–water partition coefficient (Wildman–Crippen LogP) is 5.47. The van der Waals surface area contributed by atoms with Gasteiger partial charge in [0.15, 0.2) is 0 Å². The normalized spacial score (nSPS) is 14.8. The Morgan fingerprint density at radius 1 is 1.00 bits per heavy atom. The van der Waals surface area contributed by atoms with E-state index in [0.717, 1.165) is 24.3 Å². The van der Waals surface area contributed by atoms with E-state index in [0.29, 0.717) is 0 Å². The van der Waals surface area contributed by atoms with Crippen molar-refractivity contribution in [1.82, 2.24) is 10.6 Å². The molecule has 0 unspecified atom stereocenters. The van der Waals surface area contributed by atoms with Crippen LogP contribution in [0.2, 0.25) is 10.0 Å². The van der Waals surface area contributed by atoms with Gasteiger partial charge in [-0.3, -0.25) is 9.59 Å². The van der Waals surface area contributed by atoms with E-state index in [1.807, 2.05) is 0 Å². The molecular weight excluding hydrogens is 540 g/mol. The number of halogens is 5. The van der Waals surface area contributed by atoms with Gasteiger partial charge < -0.3 is 25.4 Å². The van der Waals surface area contributed by atoms with Gasteiger partial charge in [0.05, 0.1) is 0 Å². The Balaban J connectivity index is 2.44. The number of carbonyl (C=O) groups is 3. The fraction of sp³-hybridized carbons (Fsp3) is 0.375. The van der Waals surface area contributed by atoms with Crippen LogP contribution in [0.4, 0.5) is 23.7 Å². The van der Waals surface area contributed by atoms with Crippen LogP contribution in [0, 0.1) is 0 Å². The average molecular weight is 569 g/mol. The van der Waals surface area contributed by atoms with Gasteiger partial charge in [-0.25, -0.2) is 4.79 Å². The molecule has 13 heteroatoms. The van der Waals surface area contributed by atoms with Crippen molar-refractivity contribution in [2.24, 2.45) is 0 Å². The molecule has 1 atom stereocenters. The van der Waals surface area contributed by atoms with E-state index in [-0.39, 0.29) is 21.3 Å². The van der Waals surface area contributed by atoms with Gasteiger partial charge in [0, 0.05) is 26.3 Å². The zero-order valence-electron chi connectivity index (χ0n) is 22.9. The van der Waals surface area contributed by atoms with Gasteiger partial charge >= 0.3 is 12.5 Å². The summed E-state index contributed by atoms with van der Waals surface area (Å²) in [6.45, 7) is 0.779. The smallest absolute Gasteiger partial charge is 0.444 e. The van der Waals surface area contributed by atoms with E-state index >= 15 is 0 Å². The number of alkyl halides is 3. The first-order chi connectivity index (χ1) is 18.2. The summed E-state index contributed by atoms with van der Waals surface area (Å²) < 4.78 is 71.0. The number of alkyl carbamates (subject to hydrolysis) is 1. The molecule has 2 aromatic carbocycles. The molecule has 0 heterocycles. The fourth-order valence-corrected chi connectivity index (χ4v) is 3.44. The molecule has 0 aliphatic rings. The van der Waals surface area contributed by atoms with Crippen molar-refractivity contribution < 1.29 is 41.1 Å². The fourth-order valence-electron chi connectivity index (χ4n) is 2.91. The van der Waals surface area contributed by atoms with Crippen molar-refractivity contribution >= 4 is 46.8 Å². The molecule has 0 saturated carbocycles. The zero-order chi connectivity index (χ0) is 30.5. The van der Waals surface area contributed by atoms with Crippen LogP contribution in [0.3, 0.4) is 0 Å². The van der Waals surface area contributed by atoms with Crippen LogP contribution in [0.5, 0.6) is 5.75 Å². The van der Waals surface area contributed by atoms with E-state index in [9.17, 15) is 27.6 Å². The minimum Gasteiger partial charge on any atom is -0.444 e. The molecule has 0 bridgehead atoms. The second-order valence-electron chi connectivity index (χ2n) is 8.79. The summed E-state index contributed by atoms with van der Waals surface area (Å²) in [5.41, 5.74) is -3.50. The van der Waals surface area contributed by atoms with Crippen LogP contribution in [0.15, 0.2) is 42.5 Å². The summed E-state index contributed by atoms with van der Waals surface area (Å²) in [5, 5.41) is 6.95. The first-order valence-electron chi connectivity index (χ1n) is 12.1. The van der Waals surface area contributed by atoms with E-state index in [4.69, 9.17) is 32.1 Å². The largest absolute Gasteiger partial charge is 0.573 e. The number of amides is 3. The van der Waals surface area contributed by atoms with E-state index < -0.39 is 61.0 Å². The highest BCUT2D eigenvalue weighted by molar-refractivity contribution is 6.35. The third-order valence-corrected chi connectivity index (χ3v) is 4.72. The molecule has 3 amide bonds. The lowest BCUT2D eigenvalue weighted by molar-refractivity contribution is -0.274. The lowest BCUT2D eigenvalue weighted by Gasteiger charge is -2.30. The second kappa shape index (κ2) is 11.9. The van der Waals surface area contributed by atoms with E-state index in [1.165, 1.54) is 18.2 Å². The van der Waals surface area contributed by atoms with Gasteiger partial charge in [0.1, 0.15) is 23.4 Å². The maximum Gasteiger partial charge on any atom is 0.573 e. The lowest BCUT2D eigenvalue weighted by atomic mass is 9.92. The molecule has 8 nitrogen and oxygen atoms in total. The highest BCUT2D eigenvalue weighted by Gasteiger charge is 2.36. The second-order valence-corrected chi connectivity index (χ2v) is 9.66. The van der Waals surface area contributed by atoms with Crippen molar-refractivity contribution in [3.8, 4) is 5.75 Å². The van der Waals surface area contributed by atoms with Crippen molar-refractivity contribution in [3.05, 3.63) is 58.1 Å². The Morgan fingerprint density at radius 2 is 1.59 bits per heavy atom. The molecule has 2 aromatic rings. The number of anilines is 1. The van der Waals surface area contributed by atoms with Gasteiger partial charge in [-0.2, -0.15) is 0 Å². The molecule has 0 aliphatic heterocycles. The number of hydrogen-bond donors (Lipinski definition) is 3. The number of nitrogens with one attached hydrogen (secondary N) is 3. The third kappa shape index (κ3) is 10.8. The predicted molar refractivity (Wildman–Crippen MR) is 133 cm³/mol. The summed E-state index contributed by atoms with van der Waals surface area (Å²) in [6.07, 6.45) is -6.63. The Morgan fingerprint density at radius 3 is 2.11 bits per heavy atom. The van der Waals surface area contributed by atoms with Gasteiger partial charge in [0.25, 0.3) is 0 Å². The molecule has 0 aromatic heterocycles. The minimum absolute atomic E-state index is 0.00572. The zero-order valence-corrected chi connectivity index (χ0v) is 21.4. The van der Waals surface area contributed by atoms with Gasteiger partial charge in [-0.05, 0) is 63.5 Å². The summed E-state index contributed by atoms with van der Waals surface area (Å²) in [4.78, 5) is 38.4. The van der Waals surface area contributed by atoms with E-state index in [2.05, 4.69) is 20.7 Å². The molecule has 2 rings (SSSR count). The first kappa shape index (κ1) is 25.5. The number of rotatable bonds is 8. The van der Waals surface area contributed by atoms with Crippen molar-refractivity contribution in [1.29, 1.82) is 0 Å². The highest BCUT2D eigenvalue weighted by atomic mass is 35.5. The Kier molecular flexibility index (Phi) is 8.20. The number of ether oxygens (including phenoxy) is 2. The molecule has 0 fully saturated rings. The molecular formula is C24H26Cl2F3N3O5. The Labute approximate surface area is 226 Å². The first-order valence-corrected chi connectivity index (χ1v) is 11.3. The maximum absolute atomic E-state index is 13.6. The summed E-state index contributed by atoms with van der Waals surface area (Å²) in [6, 6.07) is 7.99. The quantitative estimate of drug-likeness (QED) is 0.366. The van der Waals surface area contributed by atoms with Crippen molar-refractivity contribution in [3.63, 3.8) is 0 Å². The molecule has 0 aliphatic carbocycles. The lowest BCUT2D eigenvalue weighted by Crippen LogP contribution is -2.58. The van der Waals surface area contributed by atoms with Crippen LogP contribution in [0.25, 0.3) is 0 Å². The number of hydrogen-bond acceptors (Lipinski definition) is 5. The van der Waals surface area contributed by atoms with Crippen molar-refractivity contribution in [2.75, 3.05) is 11.9 Å². The SMILES string of the molecule is [2H]C([2H])([2H])[C@](Cc1ccc(OC(F)(F)F)cc1)(N[13C](=O)[13CH2]NC(=O)OC(C)(C)C)C(=O)Nc1cc(Cl)cc(Cl)c1. The van der Waals surface area contributed by atoms with Crippen LogP contribution in [-0.4, -0.2) is 42.0 Å². The van der Waals surface area contributed by atoms with Gasteiger partial charge in [-0.15, -0.1) is 13.2 Å². The van der Waals surface area contributed by atoms with Gasteiger partial charge in [0.2, 0.25) is 11.8 Å². The molecule has 202 valence electrons. The Bertz CT molecular complexity index is 1220. The molecule has 0 radical (unpaired) electrons. The molecule has 0 spiro atoms. The van der Waals surface area contributed by atoms with Crippen LogP contribution >= 0.6 is 23.2 Å². The number of benzene rings is 2. The molecule has 0 saturated heterocycles. The molecule has 37 heavy (non-hydrogen) atoms. The molecule has 3 N–H and O–H groups in total. The monoisotopic (exact) mass is 568 g/mol. The van der Waals surface area contributed by atoms with E-state index in [1.54, 1.807) is 20.8 Å². The van der Waals surface area contributed by atoms with Gasteiger partial charge in [-0.1, -0.05) is 35.3 Å². The average Bonchev–Trinajstić information content (AvgIpc) is 2.74.